The molecule has 0 saturated heterocycles. The number of benzene rings is 1. The molecule has 1 unspecified atom stereocenters. The number of aliphatic hydroxyl groups excluding tert-OH is 1. The minimum absolute atomic E-state index is 0.0815. The molecule has 0 aliphatic rings. The van der Waals surface area contributed by atoms with Crippen LogP contribution in [0, 0.1) is 0 Å². The van der Waals surface area contributed by atoms with Gasteiger partial charge in [0.25, 0.3) is 0 Å². The van der Waals surface area contributed by atoms with Crippen LogP contribution in [0.4, 0.5) is 0 Å². The van der Waals surface area contributed by atoms with Gasteiger partial charge in [-0.05, 0) is 26.0 Å². The monoisotopic (exact) mass is 337 g/mol. The maximum atomic E-state index is 12.4. The number of hydrogen-bond donors (Lipinski definition) is 2. The summed E-state index contributed by atoms with van der Waals surface area (Å²) >= 11 is 5.90. The summed E-state index contributed by atoms with van der Waals surface area (Å²) < 4.78 is 37.6. The number of aliphatic hydroxyl groups is 1. The summed E-state index contributed by atoms with van der Waals surface area (Å²) in [4.78, 5) is -0.107. The van der Waals surface area contributed by atoms with Gasteiger partial charge in [0, 0.05) is 23.2 Å². The standard InChI is InChI=1S/C13H20ClNO5S/c1-4-20-8-9(2)15-21(17,18)12-6-11(14)5-10(7-16)13(12)19-3/h5-6,9,15-16H,4,7-8H2,1-3H3. The van der Waals surface area contributed by atoms with Gasteiger partial charge in [0.2, 0.25) is 10.0 Å². The molecule has 1 aromatic rings. The molecular weight excluding hydrogens is 318 g/mol. The van der Waals surface area contributed by atoms with E-state index in [0.29, 0.717) is 12.2 Å². The van der Waals surface area contributed by atoms with E-state index in [9.17, 15) is 13.5 Å². The highest BCUT2D eigenvalue weighted by atomic mass is 35.5. The van der Waals surface area contributed by atoms with Gasteiger partial charge in [0.05, 0.1) is 20.3 Å². The summed E-state index contributed by atoms with van der Waals surface area (Å²) in [5.74, 6) is 0.0815. The molecule has 21 heavy (non-hydrogen) atoms. The second-order valence-corrected chi connectivity index (χ2v) is 6.56. The first-order valence-electron chi connectivity index (χ1n) is 6.43. The molecule has 0 aromatic heterocycles. The van der Waals surface area contributed by atoms with E-state index in [0.717, 1.165) is 0 Å². The molecule has 0 saturated carbocycles. The Labute approximate surface area is 130 Å². The van der Waals surface area contributed by atoms with Gasteiger partial charge in [-0.3, -0.25) is 0 Å². The molecule has 0 spiro atoms. The number of halogens is 1. The van der Waals surface area contributed by atoms with Crippen LogP contribution in [0.3, 0.4) is 0 Å². The first-order chi connectivity index (χ1) is 9.85. The van der Waals surface area contributed by atoms with Gasteiger partial charge in [-0.2, -0.15) is 0 Å². The number of ether oxygens (including phenoxy) is 2. The molecule has 1 atom stereocenters. The molecular formula is C13H20ClNO5S. The van der Waals surface area contributed by atoms with Gasteiger partial charge in [-0.15, -0.1) is 0 Å². The third-order valence-corrected chi connectivity index (χ3v) is 4.50. The predicted octanol–water partition coefficient (Wildman–Crippen LogP) is 1.54. The van der Waals surface area contributed by atoms with Crippen LogP contribution in [0.25, 0.3) is 0 Å². The number of hydrogen-bond acceptors (Lipinski definition) is 5. The van der Waals surface area contributed by atoms with Crippen molar-refractivity contribution in [1.29, 1.82) is 0 Å². The third kappa shape index (κ3) is 4.82. The summed E-state index contributed by atoms with van der Waals surface area (Å²) in [6, 6.07) is 2.34. The van der Waals surface area contributed by atoms with Crippen molar-refractivity contribution >= 4 is 21.6 Å². The topological polar surface area (TPSA) is 84.9 Å². The maximum Gasteiger partial charge on any atom is 0.244 e. The molecule has 0 radical (unpaired) electrons. The van der Waals surface area contributed by atoms with Crippen LogP contribution in [0.15, 0.2) is 17.0 Å². The van der Waals surface area contributed by atoms with E-state index in [-0.39, 0.29) is 28.9 Å². The maximum absolute atomic E-state index is 12.4. The second kappa shape index (κ2) is 7.95. The summed E-state index contributed by atoms with van der Waals surface area (Å²) in [6.45, 7) is 3.90. The summed E-state index contributed by atoms with van der Waals surface area (Å²) in [5.41, 5.74) is 0.308. The highest BCUT2D eigenvalue weighted by Gasteiger charge is 2.24. The zero-order chi connectivity index (χ0) is 16.0. The smallest absolute Gasteiger partial charge is 0.244 e. The summed E-state index contributed by atoms with van der Waals surface area (Å²) in [6.07, 6.45) is 0. The normalized spacial score (nSPS) is 13.2. The van der Waals surface area contributed by atoms with E-state index in [2.05, 4.69) is 4.72 Å². The predicted molar refractivity (Wildman–Crippen MR) is 80.2 cm³/mol. The zero-order valence-corrected chi connectivity index (χ0v) is 13.8. The fourth-order valence-electron chi connectivity index (χ4n) is 1.83. The Morgan fingerprint density at radius 2 is 2.10 bits per heavy atom. The molecule has 0 amide bonds. The van der Waals surface area contributed by atoms with Crippen molar-refractivity contribution in [1.82, 2.24) is 4.72 Å². The molecule has 0 heterocycles. The average molecular weight is 338 g/mol. The van der Waals surface area contributed by atoms with E-state index in [4.69, 9.17) is 21.1 Å². The van der Waals surface area contributed by atoms with Crippen molar-refractivity contribution in [2.75, 3.05) is 20.3 Å². The molecule has 0 aliphatic heterocycles. The van der Waals surface area contributed by atoms with Crippen molar-refractivity contribution in [3.63, 3.8) is 0 Å². The highest BCUT2D eigenvalue weighted by Crippen LogP contribution is 2.31. The van der Waals surface area contributed by atoms with Crippen molar-refractivity contribution < 1.29 is 23.0 Å². The van der Waals surface area contributed by atoms with Crippen LogP contribution in [-0.2, 0) is 21.4 Å². The molecule has 0 bridgehead atoms. The van der Waals surface area contributed by atoms with Gasteiger partial charge < -0.3 is 14.6 Å². The van der Waals surface area contributed by atoms with Crippen LogP contribution in [0.2, 0.25) is 5.02 Å². The Morgan fingerprint density at radius 3 is 2.62 bits per heavy atom. The molecule has 1 aromatic carbocycles. The first-order valence-corrected chi connectivity index (χ1v) is 8.29. The molecule has 2 N–H and O–H groups in total. The molecule has 120 valence electrons. The van der Waals surface area contributed by atoms with Gasteiger partial charge >= 0.3 is 0 Å². The number of methoxy groups -OCH3 is 1. The SMILES string of the molecule is CCOCC(C)NS(=O)(=O)c1cc(Cl)cc(CO)c1OC. The Morgan fingerprint density at radius 1 is 1.43 bits per heavy atom. The van der Waals surface area contributed by atoms with Gasteiger partial charge in [0.1, 0.15) is 10.6 Å². The van der Waals surface area contributed by atoms with Crippen molar-refractivity contribution in [2.45, 2.75) is 31.4 Å². The lowest BCUT2D eigenvalue weighted by atomic mass is 10.2. The molecule has 1 rings (SSSR count). The molecule has 0 aliphatic carbocycles. The lowest BCUT2D eigenvalue weighted by Crippen LogP contribution is -2.36. The first kappa shape index (κ1) is 18.2. The third-order valence-electron chi connectivity index (χ3n) is 2.69. The molecule has 8 heteroatoms. The molecule has 0 fully saturated rings. The van der Waals surface area contributed by atoms with Crippen LogP contribution < -0.4 is 9.46 Å². The quantitative estimate of drug-likeness (QED) is 0.751. The minimum Gasteiger partial charge on any atom is -0.495 e. The second-order valence-electron chi connectivity index (χ2n) is 4.44. The Balaban J connectivity index is 3.15. The van der Waals surface area contributed by atoms with Gasteiger partial charge in [0.15, 0.2) is 0 Å². The largest absolute Gasteiger partial charge is 0.495 e. The van der Waals surface area contributed by atoms with E-state index in [1.54, 1.807) is 6.92 Å². The van der Waals surface area contributed by atoms with Crippen LogP contribution in [0.5, 0.6) is 5.75 Å². The Bertz CT molecular complexity index is 576. The fraction of sp³-hybridized carbons (Fsp3) is 0.538. The number of nitrogens with one attached hydrogen (secondary N) is 1. The van der Waals surface area contributed by atoms with Crippen LogP contribution in [-0.4, -0.2) is 39.9 Å². The van der Waals surface area contributed by atoms with E-state index in [1.165, 1.54) is 19.2 Å². The summed E-state index contributed by atoms with van der Waals surface area (Å²) in [5, 5.41) is 9.49. The Kier molecular flexibility index (Phi) is 6.89. The number of rotatable bonds is 8. The lowest BCUT2D eigenvalue weighted by Gasteiger charge is -2.17. The van der Waals surface area contributed by atoms with Crippen molar-refractivity contribution in [3.05, 3.63) is 22.7 Å². The van der Waals surface area contributed by atoms with Crippen LogP contribution in [0.1, 0.15) is 19.4 Å². The zero-order valence-electron chi connectivity index (χ0n) is 12.2. The van der Waals surface area contributed by atoms with Gasteiger partial charge in [-0.1, -0.05) is 11.6 Å². The van der Waals surface area contributed by atoms with Crippen LogP contribution >= 0.6 is 11.6 Å². The van der Waals surface area contributed by atoms with E-state index in [1.807, 2.05) is 6.92 Å². The van der Waals surface area contributed by atoms with E-state index >= 15 is 0 Å². The van der Waals surface area contributed by atoms with E-state index < -0.39 is 16.1 Å². The van der Waals surface area contributed by atoms with Gasteiger partial charge in [-0.25, -0.2) is 13.1 Å². The fourth-order valence-corrected chi connectivity index (χ4v) is 3.60. The van der Waals surface area contributed by atoms with Crippen molar-refractivity contribution in [3.8, 4) is 5.75 Å². The van der Waals surface area contributed by atoms with Crippen molar-refractivity contribution in [2.24, 2.45) is 0 Å². The Hall–Kier alpha value is -0.860. The number of sulfonamides is 1. The highest BCUT2D eigenvalue weighted by molar-refractivity contribution is 7.89. The molecule has 6 nitrogen and oxygen atoms in total. The average Bonchev–Trinajstić information content (AvgIpc) is 2.43. The lowest BCUT2D eigenvalue weighted by molar-refractivity contribution is 0.133. The summed E-state index contributed by atoms with van der Waals surface area (Å²) in [7, 11) is -2.50. The minimum atomic E-state index is -3.84.